The molecule has 0 aliphatic heterocycles. The molecular formula is C30H26F3N3O2. The van der Waals surface area contributed by atoms with Crippen LogP contribution < -0.4 is 5.32 Å². The van der Waals surface area contributed by atoms with Crippen LogP contribution >= 0.6 is 0 Å². The number of nitriles is 2. The van der Waals surface area contributed by atoms with E-state index in [1.165, 1.54) is 12.1 Å². The van der Waals surface area contributed by atoms with E-state index in [1.54, 1.807) is 30.3 Å². The molecule has 194 valence electrons. The molecule has 0 aromatic heterocycles. The third-order valence-corrected chi connectivity index (χ3v) is 7.10. The molecule has 1 saturated carbocycles. The monoisotopic (exact) mass is 517 g/mol. The van der Waals surface area contributed by atoms with Crippen molar-refractivity contribution < 1.29 is 23.1 Å². The normalized spacial score (nSPS) is 15.6. The minimum atomic E-state index is -4.77. The Hall–Kier alpha value is -4.14. The summed E-state index contributed by atoms with van der Waals surface area (Å²) in [5.41, 5.74) is -0.878. The van der Waals surface area contributed by atoms with E-state index < -0.39 is 28.8 Å². The number of rotatable bonds is 6. The highest BCUT2D eigenvalue weighted by Gasteiger charge is 2.44. The maximum Gasteiger partial charge on any atom is 0.417 e. The van der Waals surface area contributed by atoms with E-state index in [0.717, 1.165) is 42.5 Å². The molecule has 8 heteroatoms. The molecule has 1 aliphatic rings. The first-order valence-electron chi connectivity index (χ1n) is 12.4. The molecule has 1 amide bonds. The summed E-state index contributed by atoms with van der Waals surface area (Å²) in [5, 5.41) is 32.6. The summed E-state index contributed by atoms with van der Waals surface area (Å²) in [4.78, 5) is 13.5. The molecule has 0 radical (unpaired) electrons. The van der Waals surface area contributed by atoms with Crippen molar-refractivity contribution in [2.75, 3.05) is 5.32 Å². The second-order valence-electron chi connectivity index (χ2n) is 9.65. The fourth-order valence-electron chi connectivity index (χ4n) is 5.12. The highest BCUT2D eigenvalue weighted by Crippen LogP contribution is 2.38. The predicted octanol–water partition coefficient (Wildman–Crippen LogP) is 6.61. The zero-order chi connectivity index (χ0) is 27.3. The van der Waals surface area contributed by atoms with Crippen LogP contribution in [0.2, 0.25) is 0 Å². The fourth-order valence-corrected chi connectivity index (χ4v) is 5.12. The molecule has 4 rings (SSSR count). The van der Waals surface area contributed by atoms with Crippen LogP contribution in [0.3, 0.4) is 0 Å². The van der Waals surface area contributed by atoms with E-state index in [4.69, 9.17) is 5.26 Å². The Morgan fingerprint density at radius 1 is 0.921 bits per heavy atom. The van der Waals surface area contributed by atoms with E-state index in [0.29, 0.717) is 24.0 Å². The maximum absolute atomic E-state index is 13.5. The van der Waals surface area contributed by atoms with Gasteiger partial charge in [-0.3, -0.25) is 4.79 Å². The number of carbonyl (C=O) groups excluding carboxylic acids is 1. The molecule has 0 heterocycles. The highest BCUT2D eigenvalue weighted by atomic mass is 19.4. The van der Waals surface area contributed by atoms with Crippen LogP contribution in [0.1, 0.15) is 54.4 Å². The van der Waals surface area contributed by atoms with Crippen molar-refractivity contribution in [2.24, 2.45) is 5.92 Å². The smallest absolute Gasteiger partial charge is 0.379 e. The summed E-state index contributed by atoms with van der Waals surface area (Å²) in [6.07, 6.45) is -0.882. The maximum atomic E-state index is 13.5. The number of carbonyl (C=O) groups is 1. The van der Waals surface area contributed by atoms with Gasteiger partial charge in [0.1, 0.15) is 5.60 Å². The van der Waals surface area contributed by atoms with E-state index in [1.807, 2.05) is 18.2 Å². The number of benzene rings is 3. The Morgan fingerprint density at radius 3 is 2.26 bits per heavy atom. The largest absolute Gasteiger partial charge is 0.417 e. The lowest BCUT2D eigenvalue weighted by Gasteiger charge is -2.37. The quantitative estimate of drug-likeness (QED) is 0.385. The minimum absolute atomic E-state index is 0.0301. The molecule has 38 heavy (non-hydrogen) atoms. The van der Waals surface area contributed by atoms with Crippen LogP contribution in [0.5, 0.6) is 0 Å². The number of hydrogen-bond donors (Lipinski definition) is 2. The Bertz CT molecular complexity index is 1420. The minimum Gasteiger partial charge on any atom is -0.379 e. The molecule has 1 atom stereocenters. The van der Waals surface area contributed by atoms with Crippen molar-refractivity contribution in [1.29, 1.82) is 10.5 Å². The molecule has 1 aliphatic carbocycles. The number of nitrogens with one attached hydrogen (secondary N) is 1. The van der Waals surface area contributed by atoms with E-state index in [-0.39, 0.29) is 18.0 Å². The third kappa shape index (κ3) is 5.88. The van der Waals surface area contributed by atoms with Crippen molar-refractivity contribution in [3.05, 3.63) is 89.0 Å². The van der Waals surface area contributed by atoms with Gasteiger partial charge in [-0.25, -0.2) is 0 Å². The number of hydrogen-bond acceptors (Lipinski definition) is 4. The van der Waals surface area contributed by atoms with Crippen molar-refractivity contribution in [1.82, 2.24) is 0 Å². The lowest BCUT2D eigenvalue weighted by Crippen LogP contribution is -2.51. The fraction of sp³-hybridized carbons (Fsp3) is 0.300. The van der Waals surface area contributed by atoms with E-state index in [9.17, 15) is 28.3 Å². The first kappa shape index (κ1) is 26.9. The molecule has 3 aromatic rings. The van der Waals surface area contributed by atoms with Crippen LogP contribution in [0.25, 0.3) is 11.1 Å². The molecular weight excluding hydrogens is 491 g/mol. The molecule has 2 N–H and O–H groups in total. The van der Waals surface area contributed by atoms with Crippen LogP contribution in [-0.4, -0.2) is 16.6 Å². The number of nitrogens with zero attached hydrogens (tertiary/aromatic N) is 2. The molecule has 1 fully saturated rings. The second kappa shape index (κ2) is 11.1. The molecule has 5 nitrogen and oxygen atoms in total. The van der Waals surface area contributed by atoms with E-state index >= 15 is 0 Å². The van der Waals surface area contributed by atoms with Gasteiger partial charge in [0.15, 0.2) is 0 Å². The highest BCUT2D eigenvalue weighted by molar-refractivity contribution is 5.97. The van der Waals surface area contributed by atoms with Crippen molar-refractivity contribution in [3.8, 4) is 23.3 Å². The summed E-state index contributed by atoms with van der Waals surface area (Å²) < 4.78 is 40.4. The topological polar surface area (TPSA) is 96.9 Å². The summed E-state index contributed by atoms with van der Waals surface area (Å²) in [5.74, 6) is -1.15. The van der Waals surface area contributed by atoms with Gasteiger partial charge in [0.2, 0.25) is 0 Å². The first-order chi connectivity index (χ1) is 18.1. The number of halogens is 3. The average Bonchev–Trinajstić information content (AvgIpc) is 2.93. The van der Waals surface area contributed by atoms with Gasteiger partial charge in [-0.05, 0) is 65.8 Å². The molecule has 0 spiro atoms. The lowest BCUT2D eigenvalue weighted by molar-refractivity contribution is -0.142. The Kier molecular flexibility index (Phi) is 7.85. The van der Waals surface area contributed by atoms with Gasteiger partial charge < -0.3 is 10.4 Å². The third-order valence-electron chi connectivity index (χ3n) is 7.10. The number of aliphatic hydroxyl groups is 1. The van der Waals surface area contributed by atoms with Crippen molar-refractivity contribution >= 4 is 11.6 Å². The molecule has 0 bridgehead atoms. The summed E-state index contributed by atoms with van der Waals surface area (Å²) >= 11 is 0. The summed E-state index contributed by atoms with van der Waals surface area (Å²) in [6.45, 7) is 0. The molecule has 0 saturated heterocycles. The van der Waals surface area contributed by atoms with Crippen LogP contribution in [0.15, 0.2) is 66.7 Å². The van der Waals surface area contributed by atoms with Crippen LogP contribution in [0.4, 0.5) is 18.9 Å². The van der Waals surface area contributed by atoms with Gasteiger partial charge >= 0.3 is 6.18 Å². The predicted molar refractivity (Wildman–Crippen MR) is 137 cm³/mol. The molecule has 1 unspecified atom stereocenters. The number of amides is 1. The van der Waals surface area contributed by atoms with Crippen LogP contribution in [0, 0.1) is 28.6 Å². The molecule has 3 aromatic carbocycles. The Labute approximate surface area is 219 Å². The van der Waals surface area contributed by atoms with Crippen molar-refractivity contribution in [3.63, 3.8) is 0 Å². The zero-order valence-corrected chi connectivity index (χ0v) is 20.6. The zero-order valence-electron chi connectivity index (χ0n) is 20.6. The van der Waals surface area contributed by atoms with Gasteiger partial charge in [-0.1, -0.05) is 55.7 Å². The SMILES string of the molecule is N#Cc1cccc(-c2cccc(CC(O)(C(=O)Nc3ccc(C#N)c(C(F)(F)F)c3)C3CCCCC3)c2)c1. The van der Waals surface area contributed by atoms with Crippen LogP contribution in [-0.2, 0) is 17.4 Å². The number of anilines is 1. The van der Waals surface area contributed by atoms with Gasteiger partial charge in [-0.2, -0.15) is 23.7 Å². The van der Waals surface area contributed by atoms with Gasteiger partial charge in [0, 0.05) is 12.1 Å². The van der Waals surface area contributed by atoms with Gasteiger partial charge in [-0.15, -0.1) is 0 Å². The first-order valence-corrected chi connectivity index (χ1v) is 12.4. The Morgan fingerprint density at radius 2 is 1.61 bits per heavy atom. The number of alkyl halides is 3. The summed E-state index contributed by atoms with van der Waals surface area (Å²) in [7, 11) is 0. The van der Waals surface area contributed by atoms with Crippen molar-refractivity contribution in [2.45, 2.75) is 50.3 Å². The average molecular weight is 518 g/mol. The van der Waals surface area contributed by atoms with E-state index in [2.05, 4.69) is 11.4 Å². The summed E-state index contributed by atoms with van der Waals surface area (Å²) in [6, 6.07) is 21.0. The van der Waals surface area contributed by atoms with Gasteiger partial charge in [0.25, 0.3) is 5.91 Å². The van der Waals surface area contributed by atoms with Gasteiger partial charge in [0.05, 0.1) is 28.8 Å². The second-order valence-corrected chi connectivity index (χ2v) is 9.65. The lowest BCUT2D eigenvalue weighted by atomic mass is 9.73. The Balaban J connectivity index is 1.66. The standard InChI is InChI=1S/C30H26F3N3O2/c31-30(32,33)27-16-26(13-12-24(27)19-35)36-28(37)29(38,25-10-2-1-3-11-25)17-20-6-4-8-22(14-20)23-9-5-7-21(15-23)18-34/h4-9,12-16,25,38H,1-3,10-11,17H2,(H,36,37).